The van der Waals surface area contributed by atoms with Gasteiger partial charge in [0.15, 0.2) is 0 Å². The number of unbranched alkanes of at least 4 members (excludes halogenated alkanes) is 2. The average Bonchev–Trinajstić information content (AvgIpc) is 3.13. The summed E-state index contributed by atoms with van der Waals surface area (Å²) in [5.74, 6) is -0.747. The van der Waals surface area contributed by atoms with E-state index in [0.717, 1.165) is 47.3 Å². The Bertz CT molecular complexity index is 1270. The SMILES string of the molecule is CCCCCOc1ccc(C2/C(=C(\O)c3cc(C)ccc3C)C(=O)C(=O)N2Cc2ccncc2)cc1. The van der Waals surface area contributed by atoms with Crippen LogP contribution in [0.15, 0.2) is 72.6 Å². The van der Waals surface area contributed by atoms with Crippen LogP contribution in [0.1, 0.15) is 60.0 Å². The summed E-state index contributed by atoms with van der Waals surface area (Å²) in [6.07, 6.45) is 6.53. The number of aliphatic hydroxyl groups is 1. The quantitative estimate of drug-likeness (QED) is 0.177. The van der Waals surface area contributed by atoms with Crippen molar-refractivity contribution in [2.75, 3.05) is 6.61 Å². The fraction of sp³-hybridized carbons (Fsp3) is 0.300. The van der Waals surface area contributed by atoms with Crippen LogP contribution in [0.3, 0.4) is 0 Å². The van der Waals surface area contributed by atoms with Gasteiger partial charge in [0, 0.05) is 24.5 Å². The minimum absolute atomic E-state index is 0.0966. The number of amides is 1. The number of aliphatic hydroxyl groups excluding tert-OH is 1. The van der Waals surface area contributed by atoms with E-state index < -0.39 is 17.7 Å². The molecule has 1 aliphatic heterocycles. The maximum Gasteiger partial charge on any atom is 0.295 e. The van der Waals surface area contributed by atoms with Crippen molar-refractivity contribution in [3.8, 4) is 5.75 Å². The van der Waals surface area contributed by atoms with Gasteiger partial charge in [-0.1, -0.05) is 49.6 Å². The first kappa shape index (κ1) is 25.2. The van der Waals surface area contributed by atoms with Gasteiger partial charge in [0.05, 0.1) is 18.2 Å². The summed E-state index contributed by atoms with van der Waals surface area (Å²) in [5, 5.41) is 11.4. The highest BCUT2D eigenvalue weighted by Gasteiger charge is 2.46. The number of rotatable bonds is 9. The van der Waals surface area contributed by atoms with Crippen molar-refractivity contribution in [1.82, 2.24) is 9.88 Å². The molecule has 2 heterocycles. The molecule has 0 radical (unpaired) electrons. The number of carbonyl (C=O) groups excluding carboxylic acids is 2. The Labute approximate surface area is 212 Å². The van der Waals surface area contributed by atoms with Crippen LogP contribution in [-0.2, 0) is 16.1 Å². The number of hydrogen-bond donors (Lipinski definition) is 1. The average molecular weight is 485 g/mol. The van der Waals surface area contributed by atoms with Crippen LogP contribution in [0.25, 0.3) is 5.76 Å². The Morgan fingerprint density at radius 1 is 1.00 bits per heavy atom. The van der Waals surface area contributed by atoms with Gasteiger partial charge in [0.2, 0.25) is 0 Å². The Hall–Kier alpha value is -3.93. The second-order valence-corrected chi connectivity index (χ2v) is 9.23. The molecule has 1 unspecified atom stereocenters. The lowest BCUT2D eigenvalue weighted by molar-refractivity contribution is -0.140. The summed E-state index contributed by atoms with van der Waals surface area (Å²) in [7, 11) is 0. The first-order valence-corrected chi connectivity index (χ1v) is 12.4. The standard InChI is InChI=1S/C30H32N2O4/c1-4-5-6-17-36-24-11-9-23(10-12-24)27-26(28(33)25-18-20(2)7-8-21(25)3)29(34)30(35)32(27)19-22-13-15-31-16-14-22/h7-16,18,27,33H,4-6,17,19H2,1-3H3/b28-26+. The third kappa shape index (κ3) is 5.33. The van der Waals surface area contributed by atoms with Gasteiger partial charge in [-0.15, -0.1) is 0 Å². The lowest BCUT2D eigenvalue weighted by Gasteiger charge is -2.25. The van der Waals surface area contributed by atoms with Crippen molar-refractivity contribution in [3.05, 3.63) is 100 Å². The van der Waals surface area contributed by atoms with Crippen LogP contribution >= 0.6 is 0 Å². The van der Waals surface area contributed by atoms with Gasteiger partial charge in [0.1, 0.15) is 11.5 Å². The van der Waals surface area contributed by atoms with Gasteiger partial charge >= 0.3 is 0 Å². The van der Waals surface area contributed by atoms with Crippen molar-refractivity contribution in [1.29, 1.82) is 0 Å². The monoisotopic (exact) mass is 484 g/mol. The summed E-state index contributed by atoms with van der Waals surface area (Å²) >= 11 is 0. The largest absolute Gasteiger partial charge is 0.507 e. The molecule has 0 aliphatic carbocycles. The minimum Gasteiger partial charge on any atom is -0.507 e. The maximum absolute atomic E-state index is 13.3. The minimum atomic E-state index is -0.729. The molecular formula is C30H32N2O4. The molecule has 0 bridgehead atoms. The first-order chi connectivity index (χ1) is 17.4. The number of carbonyl (C=O) groups is 2. The fourth-order valence-corrected chi connectivity index (χ4v) is 4.50. The normalized spacial score (nSPS) is 17.0. The van der Waals surface area contributed by atoms with Crippen molar-refractivity contribution >= 4 is 17.4 Å². The number of aryl methyl sites for hydroxylation is 2. The van der Waals surface area contributed by atoms with Crippen LogP contribution in [0.2, 0.25) is 0 Å². The van der Waals surface area contributed by atoms with E-state index in [1.165, 1.54) is 4.90 Å². The number of ether oxygens (including phenoxy) is 1. The van der Waals surface area contributed by atoms with E-state index in [1.54, 1.807) is 12.4 Å². The van der Waals surface area contributed by atoms with Gasteiger partial charge in [-0.25, -0.2) is 0 Å². The van der Waals surface area contributed by atoms with E-state index in [-0.39, 0.29) is 17.9 Å². The number of benzene rings is 2. The molecule has 0 saturated carbocycles. The van der Waals surface area contributed by atoms with E-state index in [0.29, 0.717) is 12.2 Å². The molecule has 0 spiro atoms. The Morgan fingerprint density at radius 2 is 1.72 bits per heavy atom. The number of likely N-dealkylation sites (tertiary alicyclic amines) is 1. The second kappa shape index (κ2) is 11.2. The van der Waals surface area contributed by atoms with Crippen LogP contribution in [0, 0.1) is 13.8 Å². The molecule has 1 aromatic heterocycles. The van der Waals surface area contributed by atoms with E-state index in [1.807, 2.05) is 68.4 Å². The molecule has 186 valence electrons. The summed E-state index contributed by atoms with van der Waals surface area (Å²) in [6, 6.07) is 16.0. The van der Waals surface area contributed by atoms with Crippen LogP contribution in [0.5, 0.6) is 5.75 Å². The van der Waals surface area contributed by atoms with Gasteiger partial charge in [-0.3, -0.25) is 14.6 Å². The van der Waals surface area contributed by atoms with Crippen LogP contribution < -0.4 is 4.74 Å². The maximum atomic E-state index is 13.3. The van der Waals surface area contributed by atoms with E-state index in [2.05, 4.69) is 11.9 Å². The van der Waals surface area contributed by atoms with E-state index in [9.17, 15) is 14.7 Å². The predicted molar refractivity (Wildman–Crippen MR) is 139 cm³/mol. The van der Waals surface area contributed by atoms with E-state index >= 15 is 0 Å². The molecular weight excluding hydrogens is 452 g/mol. The molecule has 1 fully saturated rings. The predicted octanol–water partition coefficient (Wildman–Crippen LogP) is 5.89. The van der Waals surface area contributed by atoms with E-state index in [4.69, 9.17) is 4.74 Å². The smallest absolute Gasteiger partial charge is 0.295 e. The Balaban J connectivity index is 1.76. The number of pyridine rings is 1. The second-order valence-electron chi connectivity index (χ2n) is 9.23. The molecule has 4 rings (SSSR count). The van der Waals surface area contributed by atoms with Gasteiger partial charge < -0.3 is 14.7 Å². The lowest BCUT2D eigenvalue weighted by atomic mass is 9.93. The lowest BCUT2D eigenvalue weighted by Crippen LogP contribution is -2.29. The third-order valence-electron chi connectivity index (χ3n) is 6.50. The number of Topliss-reactive ketones (excluding diaryl/α,β-unsaturated/α-hetero) is 1. The molecule has 1 N–H and O–H groups in total. The zero-order valence-corrected chi connectivity index (χ0v) is 21.0. The molecule has 1 amide bonds. The highest BCUT2D eigenvalue weighted by Crippen LogP contribution is 2.41. The fourth-order valence-electron chi connectivity index (χ4n) is 4.50. The van der Waals surface area contributed by atoms with Crippen molar-refractivity contribution in [2.45, 2.75) is 52.6 Å². The number of hydrogen-bond acceptors (Lipinski definition) is 5. The number of nitrogens with zero attached hydrogens (tertiary/aromatic N) is 2. The summed E-state index contributed by atoms with van der Waals surface area (Å²) in [5.41, 5.74) is 4.01. The summed E-state index contributed by atoms with van der Waals surface area (Å²) in [4.78, 5) is 32.1. The molecule has 6 nitrogen and oxygen atoms in total. The number of aromatic nitrogens is 1. The molecule has 3 aromatic rings. The molecule has 1 atom stereocenters. The van der Waals surface area contributed by atoms with Crippen LogP contribution in [-0.4, -0.2) is 33.3 Å². The zero-order chi connectivity index (χ0) is 25.7. The summed E-state index contributed by atoms with van der Waals surface area (Å²) in [6.45, 7) is 6.81. The van der Waals surface area contributed by atoms with Crippen molar-refractivity contribution in [2.24, 2.45) is 0 Å². The first-order valence-electron chi connectivity index (χ1n) is 12.4. The van der Waals surface area contributed by atoms with Gasteiger partial charge in [-0.2, -0.15) is 0 Å². The molecule has 36 heavy (non-hydrogen) atoms. The van der Waals surface area contributed by atoms with Crippen molar-refractivity contribution in [3.63, 3.8) is 0 Å². The molecule has 1 saturated heterocycles. The topological polar surface area (TPSA) is 79.7 Å². The molecule has 1 aliphatic rings. The third-order valence-corrected chi connectivity index (χ3v) is 6.50. The van der Waals surface area contributed by atoms with Gasteiger partial charge in [-0.05, 0) is 67.3 Å². The Morgan fingerprint density at radius 3 is 2.42 bits per heavy atom. The molecule has 2 aromatic carbocycles. The summed E-state index contributed by atoms with van der Waals surface area (Å²) < 4.78 is 5.85. The number of ketones is 1. The Kier molecular flexibility index (Phi) is 7.84. The highest BCUT2D eigenvalue weighted by atomic mass is 16.5. The van der Waals surface area contributed by atoms with Gasteiger partial charge in [0.25, 0.3) is 11.7 Å². The van der Waals surface area contributed by atoms with Crippen molar-refractivity contribution < 1.29 is 19.4 Å². The van der Waals surface area contributed by atoms with Crippen LogP contribution in [0.4, 0.5) is 0 Å². The zero-order valence-electron chi connectivity index (χ0n) is 21.0. The molecule has 6 heteroatoms. The highest BCUT2D eigenvalue weighted by molar-refractivity contribution is 6.46.